The van der Waals surface area contributed by atoms with Gasteiger partial charge in [0.05, 0.1) is 20.3 Å². The first-order chi connectivity index (χ1) is 14.8. The molecule has 1 heterocycles. The third-order valence-corrected chi connectivity index (χ3v) is 7.29. The lowest BCUT2D eigenvalue weighted by Gasteiger charge is -2.26. The Morgan fingerprint density at radius 2 is 1.77 bits per heavy atom. The zero-order valence-electron chi connectivity index (χ0n) is 17.9. The molecule has 0 saturated carbocycles. The fourth-order valence-electron chi connectivity index (χ4n) is 3.62. The van der Waals surface area contributed by atoms with Crippen LogP contribution in [0, 0.1) is 5.82 Å². The molecule has 1 saturated heterocycles. The smallest absolute Gasteiger partial charge is 0.251 e. The number of carbonyl (C=O) groups is 1. The van der Waals surface area contributed by atoms with Crippen LogP contribution in [0.5, 0.6) is 11.5 Å². The Morgan fingerprint density at radius 1 is 1.06 bits per heavy atom. The van der Waals surface area contributed by atoms with Crippen LogP contribution in [0.3, 0.4) is 0 Å². The number of hydrogen-bond acceptors (Lipinski definition) is 5. The fraction of sp³-hybridized carbons (Fsp3) is 0.409. The highest BCUT2D eigenvalue weighted by atomic mass is 32.2. The molecule has 1 atom stereocenters. The van der Waals surface area contributed by atoms with Crippen LogP contribution in [0.4, 0.5) is 4.39 Å². The van der Waals surface area contributed by atoms with Crippen LogP contribution in [0.2, 0.25) is 0 Å². The normalized spacial score (nSPS) is 15.9. The molecule has 9 heteroatoms. The van der Waals surface area contributed by atoms with Crippen molar-refractivity contribution in [3.63, 3.8) is 0 Å². The van der Waals surface area contributed by atoms with Crippen molar-refractivity contribution in [2.24, 2.45) is 0 Å². The number of nitrogens with one attached hydrogen (secondary N) is 1. The molecule has 0 aliphatic carbocycles. The number of piperidine rings is 1. The molecular formula is C22H27FN2O5S. The second-order valence-corrected chi connectivity index (χ2v) is 9.32. The Balaban J connectivity index is 1.83. The zero-order valence-corrected chi connectivity index (χ0v) is 18.7. The summed E-state index contributed by atoms with van der Waals surface area (Å²) in [5.74, 6) is -0.225. The summed E-state index contributed by atoms with van der Waals surface area (Å²) in [4.78, 5) is 12.3. The minimum absolute atomic E-state index is 0.0660. The maximum absolute atomic E-state index is 14.4. The lowest BCUT2D eigenvalue weighted by atomic mass is 10.1. The summed E-state index contributed by atoms with van der Waals surface area (Å²) in [5, 5.41) is 2.81. The number of hydrogen-bond donors (Lipinski definition) is 1. The van der Waals surface area contributed by atoms with Crippen LogP contribution >= 0.6 is 0 Å². The van der Waals surface area contributed by atoms with Crippen molar-refractivity contribution in [2.75, 3.05) is 27.3 Å². The van der Waals surface area contributed by atoms with Crippen LogP contribution in [0.1, 0.15) is 48.1 Å². The molecule has 1 aliphatic rings. The quantitative estimate of drug-likeness (QED) is 0.698. The summed E-state index contributed by atoms with van der Waals surface area (Å²) >= 11 is 0. The Kier molecular flexibility index (Phi) is 7.17. The van der Waals surface area contributed by atoms with E-state index >= 15 is 0 Å². The minimum Gasteiger partial charge on any atom is -0.497 e. The molecule has 1 amide bonds. The lowest BCUT2D eigenvalue weighted by molar-refractivity contribution is 0.0939. The van der Waals surface area contributed by atoms with Gasteiger partial charge in [0.15, 0.2) is 0 Å². The van der Waals surface area contributed by atoms with Crippen molar-refractivity contribution in [3.05, 3.63) is 53.3 Å². The molecule has 2 aromatic rings. The summed E-state index contributed by atoms with van der Waals surface area (Å²) in [7, 11) is -0.940. The number of amides is 1. The minimum atomic E-state index is -4.00. The molecule has 7 nitrogen and oxygen atoms in total. The van der Waals surface area contributed by atoms with Crippen molar-refractivity contribution in [2.45, 2.75) is 37.1 Å². The molecule has 0 bridgehead atoms. The third kappa shape index (κ3) is 4.99. The van der Waals surface area contributed by atoms with E-state index < -0.39 is 32.7 Å². The molecule has 0 spiro atoms. The van der Waals surface area contributed by atoms with Gasteiger partial charge in [-0.1, -0.05) is 6.42 Å². The van der Waals surface area contributed by atoms with E-state index in [-0.39, 0.29) is 5.56 Å². The van der Waals surface area contributed by atoms with Gasteiger partial charge in [-0.05, 0) is 50.1 Å². The van der Waals surface area contributed by atoms with E-state index in [4.69, 9.17) is 9.47 Å². The fourth-order valence-corrected chi connectivity index (χ4v) is 5.23. The van der Waals surface area contributed by atoms with E-state index in [0.717, 1.165) is 37.0 Å². The highest BCUT2D eigenvalue weighted by Gasteiger charge is 2.29. The van der Waals surface area contributed by atoms with E-state index in [2.05, 4.69) is 5.32 Å². The lowest BCUT2D eigenvalue weighted by Crippen LogP contribution is -2.36. The van der Waals surface area contributed by atoms with Crippen LogP contribution in [0.25, 0.3) is 0 Å². The predicted octanol–water partition coefficient (Wildman–Crippen LogP) is 3.51. The number of nitrogens with zero attached hydrogens (tertiary/aromatic N) is 1. The summed E-state index contributed by atoms with van der Waals surface area (Å²) in [6, 6.07) is 8.19. The summed E-state index contributed by atoms with van der Waals surface area (Å²) in [5.41, 5.74) is 0.788. The average molecular weight is 451 g/mol. The number of halogens is 1. The first kappa shape index (κ1) is 23.0. The number of carbonyl (C=O) groups excluding carboxylic acids is 1. The Bertz CT molecular complexity index is 1050. The van der Waals surface area contributed by atoms with Gasteiger partial charge in [-0.2, -0.15) is 4.31 Å². The number of sulfonamides is 1. The van der Waals surface area contributed by atoms with Crippen molar-refractivity contribution in [1.29, 1.82) is 0 Å². The molecule has 3 rings (SSSR count). The SMILES string of the molecule is COc1ccc(C(C)NC(=O)c2ccc(F)c(S(=O)(=O)N3CCCCC3)c2)c(OC)c1. The molecule has 1 fully saturated rings. The van der Waals surface area contributed by atoms with E-state index in [0.29, 0.717) is 24.6 Å². The molecule has 1 aliphatic heterocycles. The number of benzene rings is 2. The second kappa shape index (κ2) is 9.65. The van der Waals surface area contributed by atoms with Gasteiger partial charge >= 0.3 is 0 Å². The van der Waals surface area contributed by atoms with Crippen molar-refractivity contribution in [1.82, 2.24) is 9.62 Å². The van der Waals surface area contributed by atoms with Crippen LogP contribution in [0.15, 0.2) is 41.3 Å². The van der Waals surface area contributed by atoms with Gasteiger partial charge in [-0.25, -0.2) is 12.8 Å². The van der Waals surface area contributed by atoms with Crippen molar-refractivity contribution in [3.8, 4) is 11.5 Å². The Hall–Kier alpha value is -2.65. The summed E-state index contributed by atoms with van der Waals surface area (Å²) < 4.78 is 52.0. The van der Waals surface area contributed by atoms with Crippen LogP contribution < -0.4 is 14.8 Å². The summed E-state index contributed by atoms with van der Waals surface area (Å²) in [6.07, 6.45) is 2.42. The molecule has 2 aromatic carbocycles. The molecule has 0 aromatic heterocycles. The maximum atomic E-state index is 14.4. The third-order valence-electron chi connectivity index (χ3n) is 5.38. The zero-order chi connectivity index (χ0) is 22.6. The largest absolute Gasteiger partial charge is 0.497 e. The first-order valence-electron chi connectivity index (χ1n) is 10.1. The van der Waals surface area contributed by atoms with Gasteiger partial charge in [0.25, 0.3) is 5.91 Å². The Labute approximate surface area is 182 Å². The predicted molar refractivity (Wildman–Crippen MR) is 114 cm³/mol. The molecule has 1 N–H and O–H groups in total. The molecule has 168 valence electrons. The standard InChI is InChI=1S/C22H27FN2O5S/c1-15(18-9-8-17(29-2)14-20(18)30-3)24-22(26)16-7-10-19(23)21(13-16)31(27,28)25-11-5-4-6-12-25/h7-10,13-15H,4-6,11-12H2,1-3H3,(H,24,26). The van der Waals surface area contributed by atoms with Gasteiger partial charge < -0.3 is 14.8 Å². The van der Waals surface area contributed by atoms with E-state index in [9.17, 15) is 17.6 Å². The Morgan fingerprint density at radius 3 is 2.42 bits per heavy atom. The number of rotatable bonds is 7. The monoisotopic (exact) mass is 450 g/mol. The van der Waals surface area contributed by atoms with Gasteiger partial charge in [-0.3, -0.25) is 4.79 Å². The van der Waals surface area contributed by atoms with E-state index in [1.165, 1.54) is 17.5 Å². The number of ether oxygens (including phenoxy) is 2. The topological polar surface area (TPSA) is 84.9 Å². The van der Waals surface area contributed by atoms with Gasteiger partial charge in [0.1, 0.15) is 22.2 Å². The summed E-state index contributed by atoms with van der Waals surface area (Å²) in [6.45, 7) is 2.48. The molecule has 31 heavy (non-hydrogen) atoms. The van der Waals surface area contributed by atoms with Gasteiger partial charge in [0, 0.05) is 30.3 Å². The number of methoxy groups -OCH3 is 2. The van der Waals surface area contributed by atoms with Crippen molar-refractivity contribution < 1.29 is 27.1 Å². The highest BCUT2D eigenvalue weighted by molar-refractivity contribution is 7.89. The molecule has 0 radical (unpaired) electrons. The molecular weight excluding hydrogens is 423 g/mol. The molecule has 1 unspecified atom stereocenters. The second-order valence-electron chi connectivity index (χ2n) is 7.41. The maximum Gasteiger partial charge on any atom is 0.251 e. The van der Waals surface area contributed by atoms with Crippen LogP contribution in [-0.4, -0.2) is 45.9 Å². The highest BCUT2D eigenvalue weighted by Crippen LogP contribution is 2.30. The van der Waals surface area contributed by atoms with Gasteiger partial charge in [-0.15, -0.1) is 0 Å². The van der Waals surface area contributed by atoms with E-state index in [1.54, 1.807) is 32.2 Å². The van der Waals surface area contributed by atoms with Crippen LogP contribution in [-0.2, 0) is 10.0 Å². The van der Waals surface area contributed by atoms with Gasteiger partial charge in [0.2, 0.25) is 10.0 Å². The van der Waals surface area contributed by atoms with E-state index in [1.807, 2.05) is 0 Å². The first-order valence-corrected chi connectivity index (χ1v) is 11.5. The van der Waals surface area contributed by atoms with Crippen molar-refractivity contribution >= 4 is 15.9 Å². The average Bonchev–Trinajstić information content (AvgIpc) is 2.79.